The fraction of sp³-hybridized carbons (Fsp3) is 0.625. The van der Waals surface area contributed by atoms with E-state index in [9.17, 15) is 5.11 Å². The lowest BCUT2D eigenvalue weighted by Crippen LogP contribution is -2.47. The lowest BCUT2D eigenvalue weighted by Gasteiger charge is -2.29. The van der Waals surface area contributed by atoms with Crippen molar-refractivity contribution in [3.8, 4) is 5.75 Å². The molecule has 2 N–H and O–H groups in total. The van der Waals surface area contributed by atoms with Gasteiger partial charge in [0.05, 0.1) is 13.2 Å². The Kier molecular flexibility index (Phi) is 4.83. The van der Waals surface area contributed by atoms with E-state index in [1.807, 2.05) is 12.1 Å². The number of aliphatic hydroxyl groups is 1. The highest BCUT2D eigenvalue weighted by atomic mass is 16.5. The molecular weight excluding hydrogens is 238 g/mol. The van der Waals surface area contributed by atoms with E-state index in [0.717, 1.165) is 25.3 Å². The maximum atomic E-state index is 9.53. The third-order valence-corrected chi connectivity index (χ3v) is 3.90. The van der Waals surface area contributed by atoms with Gasteiger partial charge in [0.1, 0.15) is 5.75 Å². The molecule has 106 valence electrons. The van der Waals surface area contributed by atoms with Gasteiger partial charge in [0.15, 0.2) is 0 Å². The fourth-order valence-corrected chi connectivity index (χ4v) is 2.28. The molecule has 0 aromatic heterocycles. The van der Waals surface area contributed by atoms with Crippen molar-refractivity contribution in [1.29, 1.82) is 0 Å². The van der Waals surface area contributed by atoms with Crippen LogP contribution in [0.4, 0.5) is 0 Å². The Morgan fingerprint density at radius 2 is 2.00 bits per heavy atom. The summed E-state index contributed by atoms with van der Waals surface area (Å²) in [5, 5.41) is 13.0. The molecule has 0 bridgehead atoms. The SMILES string of the molecule is CCCOc1ccc(CNC(C)(CO)C2CC2)cc1. The van der Waals surface area contributed by atoms with Crippen molar-refractivity contribution in [2.24, 2.45) is 5.92 Å². The number of aliphatic hydroxyl groups excluding tert-OH is 1. The zero-order valence-electron chi connectivity index (χ0n) is 12.0. The average Bonchev–Trinajstić information content (AvgIpc) is 3.28. The lowest BCUT2D eigenvalue weighted by molar-refractivity contribution is 0.153. The van der Waals surface area contributed by atoms with Crippen molar-refractivity contribution >= 4 is 0 Å². The number of nitrogens with one attached hydrogen (secondary N) is 1. The van der Waals surface area contributed by atoms with Gasteiger partial charge in [0.25, 0.3) is 0 Å². The molecule has 3 heteroatoms. The molecular formula is C16H25NO2. The second-order valence-electron chi connectivity index (χ2n) is 5.70. The van der Waals surface area contributed by atoms with Crippen molar-refractivity contribution in [2.75, 3.05) is 13.2 Å². The van der Waals surface area contributed by atoms with E-state index in [0.29, 0.717) is 5.92 Å². The molecule has 1 aliphatic carbocycles. The van der Waals surface area contributed by atoms with Crippen molar-refractivity contribution in [2.45, 2.75) is 45.2 Å². The van der Waals surface area contributed by atoms with Gasteiger partial charge in [-0.2, -0.15) is 0 Å². The van der Waals surface area contributed by atoms with Crippen molar-refractivity contribution in [3.63, 3.8) is 0 Å². The summed E-state index contributed by atoms with van der Waals surface area (Å²) in [4.78, 5) is 0. The predicted octanol–water partition coefficient (Wildman–Crippen LogP) is 2.73. The number of ether oxygens (including phenoxy) is 1. The smallest absolute Gasteiger partial charge is 0.119 e. The molecule has 19 heavy (non-hydrogen) atoms. The van der Waals surface area contributed by atoms with Gasteiger partial charge in [-0.1, -0.05) is 19.1 Å². The summed E-state index contributed by atoms with van der Waals surface area (Å²) in [5.41, 5.74) is 1.10. The van der Waals surface area contributed by atoms with Gasteiger partial charge in [-0.15, -0.1) is 0 Å². The maximum absolute atomic E-state index is 9.53. The summed E-state index contributed by atoms with van der Waals surface area (Å²) in [6.07, 6.45) is 3.49. The average molecular weight is 263 g/mol. The lowest BCUT2D eigenvalue weighted by atomic mass is 9.96. The van der Waals surface area contributed by atoms with E-state index < -0.39 is 0 Å². The van der Waals surface area contributed by atoms with Gasteiger partial charge in [-0.3, -0.25) is 0 Å². The van der Waals surface area contributed by atoms with Crippen LogP contribution in [0.25, 0.3) is 0 Å². The molecule has 0 heterocycles. The predicted molar refractivity (Wildman–Crippen MR) is 77.3 cm³/mol. The molecule has 0 radical (unpaired) electrons. The molecule has 0 amide bonds. The minimum atomic E-state index is -0.128. The summed E-state index contributed by atoms with van der Waals surface area (Å²) in [5.74, 6) is 1.56. The summed E-state index contributed by atoms with van der Waals surface area (Å²) < 4.78 is 5.56. The Hall–Kier alpha value is -1.06. The van der Waals surface area contributed by atoms with Crippen LogP contribution in [0.2, 0.25) is 0 Å². The third kappa shape index (κ3) is 3.95. The Balaban J connectivity index is 1.85. The minimum Gasteiger partial charge on any atom is -0.494 e. The Bertz CT molecular complexity index is 386. The van der Waals surface area contributed by atoms with E-state index in [4.69, 9.17) is 4.74 Å². The number of hydrogen-bond donors (Lipinski definition) is 2. The largest absolute Gasteiger partial charge is 0.494 e. The zero-order valence-corrected chi connectivity index (χ0v) is 12.0. The topological polar surface area (TPSA) is 41.5 Å². The summed E-state index contributed by atoms with van der Waals surface area (Å²) in [7, 11) is 0. The molecule has 3 nitrogen and oxygen atoms in total. The van der Waals surface area contributed by atoms with E-state index in [1.165, 1.54) is 18.4 Å². The van der Waals surface area contributed by atoms with E-state index in [-0.39, 0.29) is 12.1 Å². The van der Waals surface area contributed by atoms with Crippen LogP contribution in [0.5, 0.6) is 5.75 Å². The molecule has 1 aromatic carbocycles. The summed E-state index contributed by atoms with van der Waals surface area (Å²) in [6, 6.07) is 8.20. The van der Waals surface area contributed by atoms with Crippen LogP contribution in [-0.2, 0) is 6.54 Å². The van der Waals surface area contributed by atoms with Crippen LogP contribution in [0.3, 0.4) is 0 Å². The molecule has 0 aliphatic heterocycles. The highest BCUT2D eigenvalue weighted by Gasteiger charge is 2.40. The van der Waals surface area contributed by atoms with Crippen LogP contribution < -0.4 is 10.1 Å². The monoisotopic (exact) mass is 263 g/mol. The molecule has 0 spiro atoms. The van der Waals surface area contributed by atoms with Crippen molar-refractivity contribution in [1.82, 2.24) is 5.32 Å². The van der Waals surface area contributed by atoms with Crippen LogP contribution in [0, 0.1) is 5.92 Å². The molecule has 1 aliphatic rings. The van der Waals surface area contributed by atoms with Crippen molar-refractivity contribution in [3.05, 3.63) is 29.8 Å². The number of benzene rings is 1. The molecule has 1 saturated carbocycles. The first kappa shape index (κ1) is 14.4. The molecule has 2 rings (SSSR count). The summed E-state index contributed by atoms with van der Waals surface area (Å²) in [6.45, 7) is 5.98. The second-order valence-corrected chi connectivity index (χ2v) is 5.70. The standard InChI is InChI=1S/C16H25NO2/c1-3-10-19-15-8-4-13(5-9-15)11-17-16(2,12-18)14-6-7-14/h4-5,8-9,14,17-18H,3,6-7,10-12H2,1-2H3. The quantitative estimate of drug-likeness (QED) is 0.758. The minimum absolute atomic E-state index is 0.128. The van der Waals surface area contributed by atoms with Crippen LogP contribution in [-0.4, -0.2) is 23.9 Å². The molecule has 1 unspecified atom stereocenters. The first-order valence-electron chi connectivity index (χ1n) is 7.25. The van der Waals surface area contributed by atoms with Crippen LogP contribution in [0.1, 0.15) is 38.7 Å². The van der Waals surface area contributed by atoms with Gasteiger partial charge in [0, 0.05) is 12.1 Å². The van der Waals surface area contributed by atoms with Crippen LogP contribution >= 0.6 is 0 Å². The highest BCUT2D eigenvalue weighted by molar-refractivity contribution is 5.27. The first-order valence-corrected chi connectivity index (χ1v) is 7.25. The Labute approximate surface area is 116 Å². The van der Waals surface area contributed by atoms with Crippen molar-refractivity contribution < 1.29 is 9.84 Å². The molecule has 1 atom stereocenters. The van der Waals surface area contributed by atoms with Gasteiger partial charge < -0.3 is 15.2 Å². The normalized spacial score (nSPS) is 18.1. The van der Waals surface area contributed by atoms with E-state index >= 15 is 0 Å². The number of hydrogen-bond acceptors (Lipinski definition) is 3. The zero-order chi connectivity index (χ0) is 13.7. The third-order valence-electron chi connectivity index (χ3n) is 3.90. The van der Waals surface area contributed by atoms with Gasteiger partial charge in [-0.05, 0) is 49.8 Å². The molecule has 1 fully saturated rings. The summed E-state index contributed by atoms with van der Waals surface area (Å²) >= 11 is 0. The van der Waals surface area contributed by atoms with E-state index in [1.54, 1.807) is 0 Å². The second kappa shape index (κ2) is 6.40. The Morgan fingerprint density at radius 3 is 2.53 bits per heavy atom. The molecule has 0 saturated heterocycles. The highest BCUT2D eigenvalue weighted by Crippen LogP contribution is 2.39. The van der Waals surface area contributed by atoms with Gasteiger partial charge in [-0.25, -0.2) is 0 Å². The molecule has 1 aromatic rings. The first-order chi connectivity index (χ1) is 9.18. The number of rotatable bonds is 8. The van der Waals surface area contributed by atoms with Gasteiger partial charge >= 0.3 is 0 Å². The Morgan fingerprint density at radius 1 is 1.32 bits per heavy atom. The van der Waals surface area contributed by atoms with E-state index in [2.05, 4.69) is 31.3 Å². The van der Waals surface area contributed by atoms with Gasteiger partial charge in [0.2, 0.25) is 0 Å². The maximum Gasteiger partial charge on any atom is 0.119 e. The fourth-order valence-electron chi connectivity index (χ4n) is 2.28. The van der Waals surface area contributed by atoms with Crippen LogP contribution in [0.15, 0.2) is 24.3 Å².